The largest absolute Gasteiger partial charge is 0.480 e. The molecular formula is C22H26N4O7. The average molecular weight is 458 g/mol. The Balaban J connectivity index is 1.82. The number of carbonyl (C=O) groups excluding carboxylic acids is 3. The van der Waals surface area contributed by atoms with Crippen LogP contribution in [0.3, 0.4) is 0 Å². The number of carboxylic acids is 1. The number of benzene rings is 2. The number of hydrogen-bond donors (Lipinski definition) is 4. The SMILES string of the molecule is O=C(O)CNC(=O)CN(CC(=O)NOCc1ccccc1)CC(=O)NOCc1ccccc1. The number of amides is 3. The van der Waals surface area contributed by atoms with E-state index >= 15 is 0 Å². The summed E-state index contributed by atoms with van der Waals surface area (Å²) in [6, 6.07) is 18.3. The van der Waals surface area contributed by atoms with Crippen molar-refractivity contribution in [1.82, 2.24) is 21.2 Å². The predicted molar refractivity (Wildman–Crippen MR) is 116 cm³/mol. The highest BCUT2D eigenvalue weighted by molar-refractivity contribution is 5.85. The van der Waals surface area contributed by atoms with E-state index < -0.39 is 30.2 Å². The lowest BCUT2D eigenvalue weighted by molar-refractivity contribution is -0.141. The van der Waals surface area contributed by atoms with E-state index in [0.717, 1.165) is 11.1 Å². The third kappa shape index (κ3) is 11.4. The Morgan fingerprint density at radius 2 is 1.12 bits per heavy atom. The Morgan fingerprint density at radius 3 is 1.55 bits per heavy atom. The Hall–Kier alpha value is -3.80. The van der Waals surface area contributed by atoms with E-state index in [4.69, 9.17) is 14.8 Å². The number of nitrogens with one attached hydrogen (secondary N) is 3. The van der Waals surface area contributed by atoms with Gasteiger partial charge in [0.05, 0.1) is 32.8 Å². The van der Waals surface area contributed by atoms with E-state index in [9.17, 15) is 19.2 Å². The van der Waals surface area contributed by atoms with Crippen LogP contribution in [0.1, 0.15) is 11.1 Å². The molecule has 0 unspecified atom stereocenters. The zero-order chi connectivity index (χ0) is 23.9. The molecule has 176 valence electrons. The quantitative estimate of drug-likeness (QED) is 0.289. The van der Waals surface area contributed by atoms with Gasteiger partial charge < -0.3 is 10.4 Å². The minimum Gasteiger partial charge on any atom is -0.480 e. The molecule has 0 atom stereocenters. The molecule has 0 aliphatic rings. The highest BCUT2D eigenvalue weighted by Crippen LogP contribution is 2.00. The number of rotatable bonds is 14. The number of hydrogen-bond acceptors (Lipinski definition) is 7. The van der Waals surface area contributed by atoms with Gasteiger partial charge in [0.25, 0.3) is 11.8 Å². The van der Waals surface area contributed by atoms with Gasteiger partial charge in [0.15, 0.2) is 0 Å². The van der Waals surface area contributed by atoms with Crippen molar-refractivity contribution < 1.29 is 34.0 Å². The van der Waals surface area contributed by atoms with Crippen molar-refractivity contribution in [3.63, 3.8) is 0 Å². The van der Waals surface area contributed by atoms with Crippen LogP contribution < -0.4 is 16.3 Å². The summed E-state index contributed by atoms with van der Waals surface area (Å²) in [7, 11) is 0. The van der Waals surface area contributed by atoms with Crippen LogP contribution in [-0.2, 0) is 42.1 Å². The maximum Gasteiger partial charge on any atom is 0.322 e. The fourth-order valence-corrected chi connectivity index (χ4v) is 2.62. The van der Waals surface area contributed by atoms with Gasteiger partial charge in [0, 0.05) is 0 Å². The number of carboxylic acid groups (broad SMARTS) is 1. The molecule has 0 saturated carbocycles. The summed E-state index contributed by atoms with van der Waals surface area (Å²) in [5.74, 6) is -3.05. The predicted octanol–water partition coefficient (Wildman–Crippen LogP) is -0.0148. The smallest absolute Gasteiger partial charge is 0.322 e. The third-order valence-electron chi connectivity index (χ3n) is 4.07. The summed E-state index contributed by atoms with van der Waals surface area (Å²) in [6.45, 7) is -1.38. The van der Waals surface area contributed by atoms with Gasteiger partial charge in [-0.3, -0.25) is 33.8 Å². The van der Waals surface area contributed by atoms with Gasteiger partial charge >= 0.3 is 5.97 Å². The molecule has 2 aromatic carbocycles. The molecule has 0 heterocycles. The van der Waals surface area contributed by atoms with Gasteiger partial charge in [-0.2, -0.15) is 0 Å². The third-order valence-corrected chi connectivity index (χ3v) is 4.07. The van der Waals surface area contributed by atoms with Crippen molar-refractivity contribution in [1.29, 1.82) is 0 Å². The van der Waals surface area contributed by atoms with Gasteiger partial charge in [-0.05, 0) is 11.1 Å². The minimum atomic E-state index is -1.21. The van der Waals surface area contributed by atoms with E-state index in [2.05, 4.69) is 16.3 Å². The molecule has 0 aliphatic carbocycles. The zero-order valence-electron chi connectivity index (χ0n) is 17.9. The van der Waals surface area contributed by atoms with Crippen molar-refractivity contribution in [3.8, 4) is 0 Å². The Kier molecular flexibility index (Phi) is 11.0. The average Bonchev–Trinajstić information content (AvgIpc) is 2.79. The Bertz CT molecular complexity index is 850. The first-order valence-corrected chi connectivity index (χ1v) is 10.0. The molecule has 33 heavy (non-hydrogen) atoms. The fraction of sp³-hybridized carbons (Fsp3) is 0.273. The van der Waals surface area contributed by atoms with Crippen molar-refractivity contribution >= 4 is 23.7 Å². The van der Waals surface area contributed by atoms with Crippen LogP contribution in [0.5, 0.6) is 0 Å². The molecule has 0 fully saturated rings. The summed E-state index contributed by atoms with van der Waals surface area (Å²) in [6.07, 6.45) is 0. The molecule has 0 radical (unpaired) electrons. The zero-order valence-corrected chi connectivity index (χ0v) is 17.9. The Labute approximate surface area is 190 Å². The normalized spacial score (nSPS) is 10.5. The molecule has 0 saturated heterocycles. The molecule has 2 rings (SSSR count). The van der Waals surface area contributed by atoms with Crippen molar-refractivity contribution in [2.75, 3.05) is 26.2 Å². The lowest BCUT2D eigenvalue weighted by Gasteiger charge is -2.20. The lowest BCUT2D eigenvalue weighted by atomic mass is 10.2. The minimum absolute atomic E-state index is 0.138. The molecule has 4 N–H and O–H groups in total. The van der Waals surface area contributed by atoms with Crippen LogP contribution in [0.4, 0.5) is 0 Å². The van der Waals surface area contributed by atoms with E-state index in [1.165, 1.54) is 4.90 Å². The second-order valence-electron chi connectivity index (χ2n) is 6.91. The van der Waals surface area contributed by atoms with Crippen LogP contribution in [0.2, 0.25) is 0 Å². The lowest BCUT2D eigenvalue weighted by Crippen LogP contribution is -2.47. The highest BCUT2D eigenvalue weighted by Gasteiger charge is 2.18. The van der Waals surface area contributed by atoms with E-state index in [1.807, 2.05) is 60.7 Å². The van der Waals surface area contributed by atoms with Crippen LogP contribution in [-0.4, -0.2) is 59.9 Å². The van der Waals surface area contributed by atoms with Gasteiger partial charge in [-0.25, -0.2) is 11.0 Å². The second-order valence-corrected chi connectivity index (χ2v) is 6.91. The molecular weight excluding hydrogens is 432 g/mol. The van der Waals surface area contributed by atoms with Crippen molar-refractivity contribution in [2.45, 2.75) is 13.2 Å². The van der Waals surface area contributed by atoms with Crippen molar-refractivity contribution in [3.05, 3.63) is 71.8 Å². The first-order chi connectivity index (χ1) is 15.9. The highest BCUT2D eigenvalue weighted by atomic mass is 16.7. The molecule has 11 heteroatoms. The molecule has 3 amide bonds. The molecule has 0 aliphatic heterocycles. The summed E-state index contributed by atoms with van der Waals surface area (Å²) in [4.78, 5) is 58.5. The molecule has 0 spiro atoms. The summed E-state index contributed by atoms with van der Waals surface area (Å²) in [5, 5.41) is 10.9. The van der Waals surface area contributed by atoms with Crippen LogP contribution in [0, 0.1) is 0 Å². The standard InChI is InChI=1S/C22H26N4O7/c27-19(23-11-22(30)31)12-26(13-20(28)24-32-15-17-7-3-1-4-8-17)14-21(29)25-33-16-18-9-5-2-6-10-18/h1-10H,11-16H2,(H,23,27)(H,24,28)(H,25,29)(H,30,31). The summed E-state index contributed by atoms with van der Waals surface area (Å²) >= 11 is 0. The molecule has 2 aromatic rings. The second kappa shape index (κ2) is 14.3. The van der Waals surface area contributed by atoms with E-state index in [-0.39, 0.29) is 32.8 Å². The first kappa shape index (κ1) is 25.5. The van der Waals surface area contributed by atoms with E-state index in [1.54, 1.807) is 0 Å². The Morgan fingerprint density at radius 1 is 0.697 bits per heavy atom. The summed E-state index contributed by atoms with van der Waals surface area (Å²) in [5.41, 5.74) is 6.20. The number of carbonyl (C=O) groups is 4. The molecule has 11 nitrogen and oxygen atoms in total. The number of hydroxylamine groups is 2. The topological polar surface area (TPSA) is 146 Å². The van der Waals surface area contributed by atoms with Crippen LogP contribution in [0.15, 0.2) is 60.7 Å². The first-order valence-electron chi connectivity index (χ1n) is 10.0. The maximum absolute atomic E-state index is 12.2. The summed E-state index contributed by atoms with van der Waals surface area (Å²) < 4.78 is 0. The van der Waals surface area contributed by atoms with E-state index in [0.29, 0.717) is 0 Å². The van der Waals surface area contributed by atoms with Crippen molar-refractivity contribution in [2.24, 2.45) is 0 Å². The fourth-order valence-electron chi connectivity index (χ4n) is 2.62. The monoisotopic (exact) mass is 458 g/mol. The van der Waals surface area contributed by atoms with Crippen LogP contribution >= 0.6 is 0 Å². The number of nitrogens with zero attached hydrogens (tertiary/aromatic N) is 1. The van der Waals surface area contributed by atoms with Gasteiger partial charge in [-0.15, -0.1) is 0 Å². The number of aliphatic carboxylic acids is 1. The van der Waals surface area contributed by atoms with Gasteiger partial charge in [-0.1, -0.05) is 60.7 Å². The molecule has 0 aromatic heterocycles. The van der Waals surface area contributed by atoms with Crippen LogP contribution in [0.25, 0.3) is 0 Å². The van der Waals surface area contributed by atoms with Gasteiger partial charge in [0.2, 0.25) is 5.91 Å². The molecule has 0 bridgehead atoms. The maximum atomic E-state index is 12.2. The van der Waals surface area contributed by atoms with Gasteiger partial charge in [0.1, 0.15) is 6.54 Å².